The lowest BCUT2D eigenvalue weighted by molar-refractivity contribution is 0.104. The number of benzene rings is 2. The Balaban J connectivity index is 1.83. The fraction of sp³-hybridized carbons (Fsp3) is 0.0556. The Morgan fingerprint density at radius 1 is 0.952 bits per heavy atom. The Labute approximate surface area is 123 Å². The molecule has 0 fully saturated rings. The summed E-state index contributed by atoms with van der Waals surface area (Å²) in [6, 6.07) is 13.3. The minimum Gasteiger partial charge on any atom is -0.289 e. The largest absolute Gasteiger partial charge is 0.289 e. The van der Waals surface area contributed by atoms with E-state index in [1.807, 2.05) is 49.4 Å². The van der Waals surface area contributed by atoms with Gasteiger partial charge in [-0.05, 0) is 30.7 Å². The first kappa shape index (κ1) is 13.2. The SMILES string of the molecule is Cc1ccc(C(=O)C=Cc2ccc3nccnc3c2)cc1. The van der Waals surface area contributed by atoms with Gasteiger partial charge in [0.15, 0.2) is 5.78 Å². The van der Waals surface area contributed by atoms with Crippen LogP contribution in [0.4, 0.5) is 0 Å². The Morgan fingerprint density at radius 3 is 2.43 bits per heavy atom. The Hall–Kier alpha value is -2.81. The van der Waals surface area contributed by atoms with Crippen molar-refractivity contribution in [3.63, 3.8) is 0 Å². The highest BCUT2D eigenvalue weighted by Crippen LogP contribution is 2.13. The van der Waals surface area contributed by atoms with Crippen LogP contribution < -0.4 is 0 Å². The lowest BCUT2D eigenvalue weighted by Gasteiger charge is -1.98. The molecular formula is C18H14N2O. The molecule has 0 atom stereocenters. The van der Waals surface area contributed by atoms with Crippen molar-refractivity contribution in [2.75, 3.05) is 0 Å². The summed E-state index contributed by atoms with van der Waals surface area (Å²) in [4.78, 5) is 20.6. The monoisotopic (exact) mass is 274 g/mol. The number of carbonyl (C=O) groups is 1. The summed E-state index contributed by atoms with van der Waals surface area (Å²) < 4.78 is 0. The second-order valence-corrected chi connectivity index (χ2v) is 4.87. The zero-order valence-corrected chi connectivity index (χ0v) is 11.7. The molecule has 3 heteroatoms. The van der Waals surface area contributed by atoms with Crippen molar-refractivity contribution in [3.05, 3.63) is 77.6 Å². The number of allylic oxidation sites excluding steroid dienone is 1. The van der Waals surface area contributed by atoms with Gasteiger partial charge in [0.25, 0.3) is 0 Å². The zero-order valence-electron chi connectivity index (χ0n) is 11.7. The van der Waals surface area contributed by atoms with Gasteiger partial charge < -0.3 is 0 Å². The van der Waals surface area contributed by atoms with Gasteiger partial charge in [-0.2, -0.15) is 0 Å². The summed E-state index contributed by atoms with van der Waals surface area (Å²) in [6.45, 7) is 2.00. The predicted molar refractivity (Wildman–Crippen MR) is 84.1 cm³/mol. The van der Waals surface area contributed by atoms with Gasteiger partial charge in [0.1, 0.15) is 0 Å². The minimum atomic E-state index is -0.00533. The van der Waals surface area contributed by atoms with Crippen molar-refractivity contribution in [1.29, 1.82) is 0 Å². The maximum absolute atomic E-state index is 12.1. The normalized spacial score (nSPS) is 11.1. The molecule has 0 radical (unpaired) electrons. The van der Waals surface area contributed by atoms with Crippen LogP contribution in [0.15, 0.2) is 60.9 Å². The third-order valence-corrected chi connectivity index (χ3v) is 3.26. The van der Waals surface area contributed by atoms with E-state index in [0.717, 1.165) is 22.2 Å². The van der Waals surface area contributed by atoms with Crippen LogP contribution in [0.2, 0.25) is 0 Å². The predicted octanol–water partition coefficient (Wildman–Crippen LogP) is 3.83. The van der Waals surface area contributed by atoms with Gasteiger partial charge in [-0.3, -0.25) is 14.8 Å². The van der Waals surface area contributed by atoms with Gasteiger partial charge in [0.05, 0.1) is 11.0 Å². The summed E-state index contributed by atoms with van der Waals surface area (Å²) in [7, 11) is 0. The molecule has 1 heterocycles. The number of aryl methyl sites for hydroxylation is 1. The highest BCUT2D eigenvalue weighted by molar-refractivity contribution is 6.06. The number of hydrogen-bond acceptors (Lipinski definition) is 3. The molecule has 3 rings (SSSR count). The number of hydrogen-bond donors (Lipinski definition) is 0. The Morgan fingerprint density at radius 2 is 1.67 bits per heavy atom. The molecule has 0 spiro atoms. The van der Waals surface area contributed by atoms with Crippen LogP contribution in [0, 0.1) is 6.92 Å². The number of fused-ring (bicyclic) bond motifs is 1. The first-order valence-electron chi connectivity index (χ1n) is 6.72. The smallest absolute Gasteiger partial charge is 0.185 e. The molecule has 0 saturated heterocycles. The van der Waals surface area contributed by atoms with E-state index < -0.39 is 0 Å². The van der Waals surface area contributed by atoms with Crippen molar-refractivity contribution in [3.8, 4) is 0 Å². The van der Waals surface area contributed by atoms with E-state index in [-0.39, 0.29) is 5.78 Å². The number of ketones is 1. The summed E-state index contributed by atoms with van der Waals surface area (Å²) in [5.74, 6) is -0.00533. The average molecular weight is 274 g/mol. The lowest BCUT2D eigenvalue weighted by atomic mass is 10.1. The summed E-state index contributed by atoms with van der Waals surface area (Å²) in [6.07, 6.45) is 6.71. The Bertz CT molecular complexity index is 820. The molecule has 21 heavy (non-hydrogen) atoms. The van der Waals surface area contributed by atoms with Gasteiger partial charge in [-0.15, -0.1) is 0 Å². The highest BCUT2D eigenvalue weighted by atomic mass is 16.1. The number of aromatic nitrogens is 2. The van der Waals surface area contributed by atoms with Crippen LogP contribution in [-0.4, -0.2) is 15.8 Å². The molecule has 0 bridgehead atoms. The molecule has 0 aliphatic carbocycles. The van der Waals surface area contributed by atoms with E-state index in [0.29, 0.717) is 5.56 Å². The third-order valence-electron chi connectivity index (χ3n) is 3.26. The number of rotatable bonds is 3. The van der Waals surface area contributed by atoms with E-state index >= 15 is 0 Å². The van der Waals surface area contributed by atoms with Gasteiger partial charge >= 0.3 is 0 Å². The van der Waals surface area contributed by atoms with E-state index in [2.05, 4.69) is 9.97 Å². The fourth-order valence-corrected chi connectivity index (χ4v) is 2.07. The van der Waals surface area contributed by atoms with Crippen molar-refractivity contribution < 1.29 is 4.79 Å². The molecule has 0 aliphatic rings. The topological polar surface area (TPSA) is 42.9 Å². The molecular weight excluding hydrogens is 260 g/mol. The standard InChI is InChI=1S/C18H14N2O/c1-13-2-6-15(7-3-13)18(21)9-5-14-4-8-16-17(12-14)20-11-10-19-16/h2-12H,1H3. The molecule has 0 unspecified atom stereocenters. The molecule has 0 saturated carbocycles. The first-order chi connectivity index (χ1) is 10.2. The van der Waals surface area contributed by atoms with Gasteiger partial charge in [-0.1, -0.05) is 42.0 Å². The highest BCUT2D eigenvalue weighted by Gasteiger charge is 2.01. The van der Waals surface area contributed by atoms with Crippen LogP contribution in [-0.2, 0) is 0 Å². The first-order valence-corrected chi connectivity index (χ1v) is 6.72. The van der Waals surface area contributed by atoms with E-state index in [1.165, 1.54) is 0 Å². The quantitative estimate of drug-likeness (QED) is 0.538. The Kier molecular flexibility index (Phi) is 3.56. The maximum Gasteiger partial charge on any atom is 0.185 e. The third kappa shape index (κ3) is 3.03. The molecule has 0 N–H and O–H groups in total. The van der Waals surface area contributed by atoms with Crippen molar-refractivity contribution >= 4 is 22.9 Å². The fourth-order valence-electron chi connectivity index (χ4n) is 2.07. The molecule has 3 aromatic rings. The van der Waals surface area contributed by atoms with E-state index in [4.69, 9.17) is 0 Å². The van der Waals surface area contributed by atoms with Crippen molar-refractivity contribution in [1.82, 2.24) is 9.97 Å². The van der Waals surface area contributed by atoms with Crippen LogP contribution in [0.1, 0.15) is 21.5 Å². The van der Waals surface area contributed by atoms with Crippen LogP contribution in [0.3, 0.4) is 0 Å². The average Bonchev–Trinajstić information content (AvgIpc) is 2.53. The van der Waals surface area contributed by atoms with Crippen LogP contribution in [0.25, 0.3) is 17.1 Å². The van der Waals surface area contributed by atoms with Crippen molar-refractivity contribution in [2.45, 2.75) is 6.92 Å². The van der Waals surface area contributed by atoms with E-state index in [9.17, 15) is 4.79 Å². The molecule has 2 aromatic carbocycles. The number of nitrogens with zero attached hydrogens (tertiary/aromatic N) is 2. The van der Waals surface area contributed by atoms with Crippen LogP contribution in [0.5, 0.6) is 0 Å². The van der Waals surface area contributed by atoms with Gasteiger partial charge in [0.2, 0.25) is 0 Å². The minimum absolute atomic E-state index is 0.00533. The summed E-state index contributed by atoms with van der Waals surface area (Å²) in [5.41, 5.74) is 4.44. The molecule has 0 amide bonds. The summed E-state index contributed by atoms with van der Waals surface area (Å²) >= 11 is 0. The molecule has 102 valence electrons. The zero-order chi connectivity index (χ0) is 14.7. The number of carbonyl (C=O) groups excluding carboxylic acids is 1. The van der Waals surface area contributed by atoms with Gasteiger partial charge in [0, 0.05) is 18.0 Å². The molecule has 1 aromatic heterocycles. The van der Waals surface area contributed by atoms with Gasteiger partial charge in [-0.25, -0.2) is 0 Å². The second kappa shape index (κ2) is 5.67. The lowest BCUT2D eigenvalue weighted by Crippen LogP contribution is -1.93. The molecule has 3 nitrogen and oxygen atoms in total. The van der Waals surface area contributed by atoms with Crippen LogP contribution >= 0.6 is 0 Å². The van der Waals surface area contributed by atoms with Crippen molar-refractivity contribution in [2.24, 2.45) is 0 Å². The second-order valence-electron chi connectivity index (χ2n) is 4.87. The van der Waals surface area contributed by atoms with E-state index in [1.54, 1.807) is 24.5 Å². The maximum atomic E-state index is 12.1. The summed E-state index contributed by atoms with van der Waals surface area (Å²) in [5, 5.41) is 0. The molecule has 0 aliphatic heterocycles.